The Morgan fingerprint density at radius 2 is 2.25 bits per heavy atom. The van der Waals surface area contributed by atoms with Crippen molar-refractivity contribution in [2.45, 2.75) is 6.92 Å². The van der Waals surface area contributed by atoms with Crippen LogP contribution in [0.1, 0.15) is 5.69 Å². The van der Waals surface area contributed by atoms with E-state index in [9.17, 15) is 8.42 Å². The second-order valence-corrected chi connectivity index (χ2v) is 3.92. The van der Waals surface area contributed by atoms with Crippen LogP contribution in [0.15, 0.2) is 6.33 Å². The van der Waals surface area contributed by atoms with Gasteiger partial charge in [-0.05, 0) is 6.92 Å². The van der Waals surface area contributed by atoms with Crippen LogP contribution in [0.2, 0.25) is 0 Å². The highest BCUT2D eigenvalue weighted by molar-refractivity contribution is 7.81. The molecule has 0 atom stereocenters. The zero-order chi connectivity index (χ0) is 11.9. The Morgan fingerprint density at radius 3 is 2.88 bits per heavy atom. The minimum absolute atomic E-state index is 0.113. The van der Waals surface area contributed by atoms with Gasteiger partial charge < -0.3 is 9.92 Å². The van der Waals surface area contributed by atoms with Crippen LogP contribution in [0.25, 0.3) is 5.78 Å². The van der Waals surface area contributed by atoms with E-state index in [0.29, 0.717) is 0 Å². The first-order valence-electron chi connectivity index (χ1n) is 4.01. The van der Waals surface area contributed by atoms with Crippen LogP contribution in [0.4, 0.5) is 5.82 Å². The second-order valence-electron chi connectivity index (χ2n) is 2.89. The van der Waals surface area contributed by atoms with Crippen LogP contribution in [0.3, 0.4) is 0 Å². The number of nitrogens with zero attached hydrogens (tertiary/aromatic N) is 4. The number of hydrogen-bond donors (Lipinski definition) is 2. The van der Waals surface area contributed by atoms with Crippen LogP contribution in [-0.2, 0) is 10.4 Å². The Hall–Kier alpha value is -1.94. The molecule has 0 unspecified atom stereocenters. The summed E-state index contributed by atoms with van der Waals surface area (Å²) in [5.41, 5.74) is 5.77. The van der Waals surface area contributed by atoms with Crippen LogP contribution in [-0.4, -0.2) is 32.6 Å². The van der Waals surface area contributed by atoms with Crippen molar-refractivity contribution in [2.24, 2.45) is 0 Å². The van der Waals surface area contributed by atoms with E-state index in [0.717, 1.165) is 4.52 Å². The number of fused-ring (bicyclic) bond motifs is 1. The topological polar surface area (TPSA) is 133 Å². The number of anilines is 1. The van der Waals surface area contributed by atoms with E-state index in [-0.39, 0.29) is 23.0 Å². The lowest BCUT2D eigenvalue weighted by Gasteiger charge is -2.08. The lowest BCUT2D eigenvalue weighted by Crippen LogP contribution is -2.13. The van der Waals surface area contributed by atoms with Gasteiger partial charge in [0, 0.05) is 0 Å². The minimum Gasteiger partial charge on any atom is -0.380 e. The largest absolute Gasteiger partial charge is 0.446 e. The lowest BCUT2D eigenvalue weighted by atomic mass is 10.4. The summed E-state index contributed by atoms with van der Waals surface area (Å²) in [6.45, 7) is 1.46. The van der Waals surface area contributed by atoms with Gasteiger partial charge in [0.25, 0.3) is 5.78 Å². The molecule has 0 aliphatic rings. The summed E-state index contributed by atoms with van der Waals surface area (Å²) in [7, 11) is -4.66. The molecule has 9 nitrogen and oxygen atoms in total. The summed E-state index contributed by atoms with van der Waals surface area (Å²) >= 11 is 0. The monoisotopic (exact) mass is 245 g/mol. The minimum atomic E-state index is -4.66. The first-order valence-corrected chi connectivity index (χ1v) is 5.37. The molecule has 2 aromatic rings. The summed E-state index contributed by atoms with van der Waals surface area (Å²) in [5, 5.41) is 3.71. The van der Waals surface area contributed by atoms with E-state index < -0.39 is 10.4 Å². The summed E-state index contributed by atoms with van der Waals surface area (Å²) in [5.74, 6) is -0.184. The van der Waals surface area contributed by atoms with E-state index in [2.05, 4.69) is 19.2 Å². The molecule has 10 heteroatoms. The van der Waals surface area contributed by atoms with Crippen LogP contribution >= 0.6 is 0 Å². The highest BCUT2D eigenvalue weighted by Crippen LogP contribution is 2.25. The summed E-state index contributed by atoms with van der Waals surface area (Å²) in [4.78, 5) is 7.66. The Labute approximate surface area is 89.8 Å². The molecule has 2 heterocycles. The molecule has 0 aliphatic heterocycles. The fourth-order valence-electron chi connectivity index (χ4n) is 1.17. The van der Waals surface area contributed by atoms with E-state index in [1.54, 1.807) is 0 Å². The molecule has 86 valence electrons. The Balaban J connectivity index is 2.69. The van der Waals surface area contributed by atoms with Gasteiger partial charge >= 0.3 is 10.4 Å². The zero-order valence-corrected chi connectivity index (χ0v) is 8.84. The van der Waals surface area contributed by atoms with Crippen molar-refractivity contribution < 1.29 is 17.2 Å². The molecule has 2 aromatic heterocycles. The van der Waals surface area contributed by atoms with Gasteiger partial charge in [0.2, 0.25) is 5.75 Å². The maximum atomic E-state index is 10.6. The van der Waals surface area contributed by atoms with Crippen LogP contribution in [0, 0.1) is 6.92 Å². The van der Waals surface area contributed by atoms with Gasteiger partial charge in [0.1, 0.15) is 6.33 Å². The maximum Gasteiger partial charge on any atom is 0.446 e. The summed E-state index contributed by atoms with van der Waals surface area (Å²) in [6.07, 6.45) is 1.20. The molecular formula is C6H7N5O4S. The third-order valence-corrected chi connectivity index (χ3v) is 2.15. The first-order chi connectivity index (χ1) is 7.38. The Bertz CT molecular complexity index is 648. The van der Waals surface area contributed by atoms with E-state index >= 15 is 0 Å². The zero-order valence-electron chi connectivity index (χ0n) is 8.02. The molecular weight excluding hydrogens is 238 g/mol. The summed E-state index contributed by atoms with van der Waals surface area (Å²) < 4.78 is 35.1. The van der Waals surface area contributed by atoms with Crippen LogP contribution < -0.4 is 9.92 Å². The normalized spacial score (nSPS) is 11.9. The number of rotatable bonds is 2. The van der Waals surface area contributed by atoms with Gasteiger partial charge in [-0.2, -0.15) is 23.0 Å². The third-order valence-electron chi connectivity index (χ3n) is 1.78. The van der Waals surface area contributed by atoms with E-state index in [1.807, 2.05) is 0 Å². The predicted molar refractivity (Wildman–Crippen MR) is 52.1 cm³/mol. The van der Waals surface area contributed by atoms with Gasteiger partial charge in [-0.3, -0.25) is 4.55 Å². The number of nitrogens with two attached hydrogens (primary N) is 1. The molecule has 0 saturated carbocycles. The van der Waals surface area contributed by atoms with E-state index in [1.165, 1.54) is 13.3 Å². The molecule has 0 aliphatic carbocycles. The summed E-state index contributed by atoms with van der Waals surface area (Å²) in [6, 6.07) is 0. The van der Waals surface area contributed by atoms with Gasteiger partial charge in [-0.15, -0.1) is 0 Å². The molecule has 0 fully saturated rings. The third kappa shape index (κ3) is 1.75. The van der Waals surface area contributed by atoms with Crippen molar-refractivity contribution in [3.63, 3.8) is 0 Å². The highest BCUT2D eigenvalue weighted by Gasteiger charge is 2.18. The number of hydrogen-bond acceptors (Lipinski definition) is 7. The quantitative estimate of drug-likeness (QED) is 0.656. The number of nitrogen functional groups attached to an aromatic ring is 1. The van der Waals surface area contributed by atoms with E-state index in [4.69, 9.17) is 10.3 Å². The van der Waals surface area contributed by atoms with Gasteiger partial charge in [0.05, 0.1) is 5.69 Å². The SMILES string of the molecule is Cc1nc2ncnn2c(N)c1OS(=O)(=O)O. The van der Waals surface area contributed by atoms with Crippen molar-refractivity contribution >= 4 is 22.0 Å². The fraction of sp³-hybridized carbons (Fsp3) is 0.167. The predicted octanol–water partition coefficient (Wildman–Crippen LogP) is -0.803. The Morgan fingerprint density at radius 1 is 1.56 bits per heavy atom. The van der Waals surface area contributed by atoms with Gasteiger partial charge in [-0.25, -0.2) is 4.98 Å². The van der Waals surface area contributed by atoms with Crippen molar-refractivity contribution in [1.29, 1.82) is 0 Å². The first kappa shape index (κ1) is 10.6. The van der Waals surface area contributed by atoms with Crippen LogP contribution in [0.5, 0.6) is 5.75 Å². The van der Waals surface area contributed by atoms with Crippen molar-refractivity contribution in [3.05, 3.63) is 12.0 Å². The van der Waals surface area contributed by atoms with Gasteiger partial charge in [0.15, 0.2) is 5.82 Å². The molecule has 2 rings (SSSR count). The molecule has 0 saturated heterocycles. The maximum absolute atomic E-state index is 10.6. The molecule has 16 heavy (non-hydrogen) atoms. The number of aryl methyl sites for hydroxylation is 1. The Kier molecular flexibility index (Phi) is 2.17. The molecule has 0 aromatic carbocycles. The second kappa shape index (κ2) is 3.28. The standard InChI is InChI=1S/C6H7N5O4S/c1-3-4(15-16(12,13)14)5(7)11-6(10-3)8-2-9-11/h2H,7H2,1H3,(H,12,13,14). The van der Waals surface area contributed by atoms with Crippen molar-refractivity contribution in [3.8, 4) is 5.75 Å². The average Bonchev–Trinajstić information content (AvgIpc) is 2.58. The molecule has 0 radical (unpaired) electrons. The lowest BCUT2D eigenvalue weighted by molar-refractivity contribution is 0.384. The highest BCUT2D eigenvalue weighted by atomic mass is 32.3. The van der Waals surface area contributed by atoms with Crippen molar-refractivity contribution in [1.82, 2.24) is 19.6 Å². The molecule has 3 N–H and O–H groups in total. The number of aromatic nitrogens is 4. The van der Waals surface area contributed by atoms with Gasteiger partial charge in [-0.1, -0.05) is 0 Å². The molecule has 0 spiro atoms. The van der Waals surface area contributed by atoms with Crippen molar-refractivity contribution in [2.75, 3.05) is 5.73 Å². The smallest absolute Gasteiger partial charge is 0.380 e. The molecule has 0 amide bonds. The average molecular weight is 245 g/mol. The molecule has 0 bridgehead atoms. The fourth-order valence-corrected chi connectivity index (χ4v) is 1.59.